The van der Waals surface area contributed by atoms with E-state index in [1.165, 1.54) is 6.92 Å². The van der Waals surface area contributed by atoms with E-state index in [9.17, 15) is 9.59 Å². The summed E-state index contributed by atoms with van der Waals surface area (Å²) in [5, 5.41) is 3.57. The number of carbonyl (C=O) groups is 2. The van der Waals surface area contributed by atoms with E-state index < -0.39 is 6.04 Å². The van der Waals surface area contributed by atoms with Crippen molar-refractivity contribution >= 4 is 34.6 Å². The number of hydrogen-bond donors (Lipinski definition) is 1. The number of carbonyl (C=O) groups excluding carboxylic acids is 2. The number of halogens is 1. The van der Waals surface area contributed by atoms with E-state index in [1.807, 2.05) is 90.7 Å². The summed E-state index contributed by atoms with van der Waals surface area (Å²) in [4.78, 5) is 27.9. The molecule has 0 saturated heterocycles. The lowest BCUT2D eigenvalue weighted by Crippen LogP contribution is -2.37. The summed E-state index contributed by atoms with van der Waals surface area (Å²) in [7, 11) is 0. The number of fused-ring (bicyclic) bond motifs is 1. The van der Waals surface area contributed by atoms with Gasteiger partial charge in [-0.05, 0) is 42.7 Å². The Balaban J connectivity index is 1.78. The number of hydrogen-bond acceptors (Lipinski definition) is 3. The van der Waals surface area contributed by atoms with Gasteiger partial charge in [0.1, 0.15) is 6.04 Å². The summed E-state index contributed by atoms with van der Waals surface area (Å²) in [6, 6.07) is 24.0. The van der Waals surface area contributed by atoms with Gasteiger partial charge in [-0.25, -0.2) is 0 Å². The Morgan fingerprint density at radius 1 is 0.935 bits per heavy atom. The lowest BCUT2D eigenvalue weighted by atomic mass is 9.92. The smallest absolute Gasteiger partial charge is 0.254 e. The van der Waals surface area contributed by atoms with E-state index >= 15 is 0 Å². The second-order valence-electron chi connectivity index (χ2n) is 7.58. The molecule has 0 bridgehead atoms. The van der Waals surface area contributed by atoms with Crippen molar-refractivity contribution in [1.82, 2.24) is 5.32 Å². The number of nitrogens with zero attached hydrogens (tertiary/aromatic N) is 1. The maximum atomic E-state index is 13.5. The molecule has 0 aliphatic carbocycles. The molecule has 1 atom stereocenters. The van der Waals surface area contributed by atoms with Gasteiger partial charge in [0.25, 0.3) is 5.91 Å². The third-order valence-electron chi connectivity index (χ3n) is 5.57. The summed E-state index contributed by atoms with van der Waals surface area (Å²) < 4.78 is 0. The number of para-hydroxylation sites is 1. The van der Waals surface area contributed by atoms with Crippen LogP contribution in [-0.2, 0) is 16.1 Å². The van der Waals surface area contributed by atoms with Gasteiger partial charge in [-0.15, -0.1) is 0 Å². The lowest BCUT2D eigenvalue weighted by molar-refractivity contribution is -0.124. The quantitative estimate of drug-likeness (QED) is 0.578. The van der Waals surface area contributed by atoms with Gasteiger partial charge in [-0.1, -0.05) is 78.3 Å². The Morgan fingerprint density at radius 2 is 1.58 bits per heavy atom. The summed E-state index contributed by atoms with van der Waals surface area (Å²) in [6.07, 6.45) is 0. The molecule has 0 spiro atoms. The van der Waals surface area contributed by atoms with Crippen LogP contribution in [0.15, 0.2) is 84.6 Å². The van der Waals surface area contributed by atoms with Gasteiger partial charge < -0.3 is 10.2 Å². The number of allylic oxidation sites excluding steroid dienone is 1. The molecule has 1 N–H and O–H groups in total. The minimum absolute atomic E-state index is 0.121. The first-order valence-corrected chi connectivity index (χ1v) is 10.5. The number of anilines is 1. The third-order valence-corrected chi connectivity index (χ3v) is 5.89. The van der Waals surface area contributed by atoms with Gasteiger partial charge >= 0.3 is 0 Å². The van der Waals surface area contributed by atoms with E-state index in [0.717, 1.165) is 28.1 Å². The van der Waals surface area contributed by atoms with Gasteiger partial charge in [0.05, 0.1) is 16.3 Å². The molecule has 1 aliphatic rings. The Labute approximate surface area is 187 Å². The summed E-state index contributed by atoms with van der Waals surface area (Å²) in [5.41, 5.74) is 4.83. The Morgan fingerprint density at radius 3 is 2.29 bits per heavy atom. The molecule has 5 heteroatoms. The van der Waals surface area contributed by atoms with Gasteiger partial charge in [-0.2, -0.15) is 0 Å². The second-order valence-corrected chi connectivity index (χ2v) is 7.99. The molecule has 4 nitrogen and oxygen atoms in total. The molecular weight excluding hydrogens is 408 g/mol. The molecule has 3 aromatic carbocycles. The van der Waals surface area contributed by atoms with Crippen LogP contribution >= 0.6 is 11.6 Å². The highest BCUT2D eigenvalue weighted by atomic mass is 35.5. The van der Waals surface area contributed by atoms with Crippen molar-refractivity contribution in [2.45, 2.75) is 26.4 Å². The van der Waals surface area contributed by atoms with Crippen LogP contribution in [0.4, 0.5) is 5.69 Å². The molecule has 1 heterocycles. The average Bonchev–Trinajstić information content (AvgIpc) is 2.78. The predicted molar refractivity (Wildman–Crippen MR) is 125 cm³/mol. The molecule has 31 heavy (non-hydrogen) atoms. The topological polar surface area (TPSA) is 49.4 Å². The van der Waals surface area contributed by atoms with E-state index in [-0.39, 0.29) is 11.7 Å². The maximum absolute atomic E-state index is 13.5. The van der Waals surface area contributed by atoms with Crippen molar-refractivity contribution in [2.24, 2.45) is 0 Å². The highest BCUT2D eigenvalue weighted by Crippen LogP contribution is 2.38. The zero-order valence-electron chi connectivity index (χ0n) is 17.4. The number of Topliss-reactive ketones (excluding diaryl/α,β-unsaturated/α-hetero) is 1. The first kappa shape index (κ1) is 20.9. The summed E-state index contributed by atoms with van der Waals surface area (Å²) in [6.45, 7) is 4.01. The van der Waals surface area contributed by atoms with E-state index in [2.05, 4.69) is 5.32 Å². The molecule has 0 unspecified atom stereocenters. The van der Waals surface area contributed by atoms with Crippen molar-refractivity contribution in [3.63, 3.8) is 0 Å². The standard InChI is InChI=1S/C26H23ClN2O2/c1-17-24(26(31)28-25(18(2)30)19-10-4-3-5-11-19)21-13-7-6-12-20(21)16-29(17)23-15-9-8-14-22(23)27/h3-15,25H,16H2,1-2H3,(H,28,31)/t25-/m1/s1. The first-order chi connectivity index (χ1) is 15.0. The lowest BCUT2D eigenvalue weighted by Gasteiger charge is -2.34. The van der Waals surface area contributed by atoms with Crippen LogP contribution in [-0.4, -0.2) is 11.7 Å². The van der Waals surface area contributed by atoms with Gasteiger partial charge in [0.2, 0.25) is 0 Å². The summed E-state index contributed by atoms with van der Waals surface area (Å²) in [5.74, 6) is -0.407. The van der Waals surface area contributed by atoms with Crippen LogP contribution < -0.4 is 10.2 Å². The molecule has 1 aliphatic heterocycles. The highest BCUT2D eigenvalue weighted by Gasteiger charge is 2.30. The van der Waals surface area contributed by atoms with Crippen molar-refractivity contribution in [1.29, 1.82) is 0 Å². The van der Waals surface area contributed by atoms with E-state index in [4.69, 9.17) is 11.6 Å². The predicted octanol–water partition coefficient (Wildman–Crippen LogP) is 5.54. The monoisotopic (exact) mass is 430 g/mol. The first-order valence-electron chi connectivity index (χ1n) is 10.1. The fraction of sp³-hybridized carbons (Fsp3) is 0.154. The van der Waals surface area contributed by atoms with Crippen LogP contribution in [0.3, 0.4) is 0 Å². The van der Waals surface area contributed by atoms with Crippen LogP contribution in [0.1, 0.15) is 36.6 Å². The van der Waals surface area contributed by atoms with Gasteiger partial charge in [0.15, 0.2) is 5.78 Å². The molecule has 0 fully saturated rings. The SMILES string of the molecule is CC(=O)[C@@H](NC(=O)C1=C(C)N(c2ccccc2Cl)Cc2ccccc21)c1ccccc1. The number of rotatable bonds is 5. The van der Waals surface area contributed by atoms with Crippen molar-refractivity contribution in [3.8, 4) is 0 Å². The minimum atomic E-state index is -0.711. The molecule has 0 saturated carbocycles. The van der Waals surface area contributed by atoms with Crippen LogP contribution in [0.5, 0.6) is 0 Å². The molecule has 1 amide bonds. The Hall–Kier alpha value is -3.37. The van der Waals surface area contributed by atoms with Crippen molar-refractivity contribution in [2.75, 3.05) is 4.90 Å². The Bertz CT molecular complexity index is 1170. The fourth-order valence-corrected chi connectivity index (χ4v) is 4.25. The van der Waals surface area contributed by atoms with E-state index in [0.29, 0.717) is 17.1 Å². The normalized spacial score (nSPS) is 14.1. The zero-order chi connectivity index (χ0) is 22.0. The summed E-state index contributed by atoms with van der Waals surface area (Å²) >= 11 is 6.47. The number of nitrogens with one attached hydrogen (secondary N) is 1. The fourth-order valence-electron chi connectivity index (χ4n) is 4.01. The average molecular weight is 431 g/mol. The molecule has 3 aromatic rings. The second kappa shape index (κ2) is 8.78. The van der Waals surface area contributed by atoms with Crippen molar-refractivity contribution in [3.05, 3.63) is 106 Å². The molecule has 0 radical (unpaired) electrons. The number of ketones is 1. The molecule has 156 valence electrons. The number of benzene rings is 3. The zero-order valence-corrected chi connectivity index (χ0v) is 18.2. The van der Waals surface area contributed by atoms with Gasteiger partial charge in [0, 0.05) is 12.2 Å². The van der Waals surface area contributed by atoms with Gasteiger partial charge in [-0.3, -0.25) is 9.59 Å². The Kier molecular flexibility index (Phi) is 5.92. The third kappa shape index (κ3) is 4.12. The molecule has 4 rings (SSSR count). The van der Waals surface area contributed by atoms with E-state index in [1.54, 1.807) is 0 Å². The van der Waals surface area contributed by atoms with Crippen LogP contribution in [0.2, 0.25) is 5.02 Å². The van der Waals surface area contributed by atoms with Crippen LogP contribution in [0.25, 0.3) is 5.57 Å². The minimum Gasteiger partial charge on any atom is -0.339 e. The maximum Gasteiger partial charge on any atom is 0.254 e. The van der Waals surface area contributed by atoms with Crippen molar-refractivity contribution < 1.29 is 9.59 Å². The highest BCUT2D eigenvalue weighted by molar-refractivity contribution is 6.33. The largest absolute Gasteiger partial charge is 0.339 e. The molecular formula is C26H23ClN2O2. The molecule has 0 aromatic heterocycles. The number of amides is 1. The van der Waals surface area contributed by atoms with Crippen LogP contribution in [0, 0.1) is 0 Å².